The molecule has 1 aromatic carbocycles. The van der Waals surface area contributed by atoms with Crippen molar-refractivity contribution in [2.45, 2.75) is 24.3 Å². The number of thioether (sulfide) groups is 1. The molecule has 0 spiro atoms. The zero-order valence-corrected chi connectivity index (χ0v) is 11.4. The van der Waals surface area contributed by atoms with E-state index in [-0.39, 0.29) is 0 Å². The summed E-state index contributed by atoms with van der Waals surface area (Å²) in [4.78, 5) is 11.0. The molecule has 0 aliphatic rings. The minimum atomic E-state index is -0.456. The number of nitrogens with two attached hydrogens (primary N) is 2. The summed E-state index contributed by atoms with van der Waals surface area (Å²) < 4.78 is 0. The normalized spacial score (nSPS) is 12.4. The lowest BCUT2D eigenvalue weighted by molar-refractivity contribution is 0.100. The molecule has 0 aliphatic carbocycles. The summed E-state index contributed by atoms with van der Waals surface area (Å²) in [5.41, 5.74) is 12.1. The number of carbonyl (C=O) groups is 1. The van der Waals surface area contributed by atoms with E-state index in [0.29, 0.717) is 22.4 Å². The van der Waals surface area contributed by atoms with Gasteiger partial charge in [-0.05, 0) is 30.7 Å². The second-order valence-corrected chi connectivity index (χ2v) is 5.70. The molecular weight excluding hydrogens is 256 g/mol. The van der Waals surface area contributed by atoms with Crippen molar-refractivity contribution in [1.29, 1.82) is 0 Å². The van der Waals surface area contributed by atoms with Crippen molar-refractivity contribution in [2.24, 2.45) is 11.5 Å². The van der Waals surface area contributed by atoms with Crippen molar-refractivity contribution in [2.75, 3.05) is 6.54 Å². The van der Waals surface area contributed by atoms with Crippen LogP contribution in [0.2, 0.25) is 5.02 Å². The van der Waals surface area contributed by atoms with Crippen LogP contribution in [0.4, 0.5) is 0 Å². The molecule has 0 bridgehead atoms. The zero-order valence-electron chi connectivity index (χ0n) is 9.78. The van der Waals surface area contributed by atoms with Gasteiger partial charge in [0.25, 0.3) is 0 Å². The molecule has 17 heavy (non-hydrogen) atoms. The maximum Gasteiger partial charge on any atom is 0.248 e. The summed E-state index contributed by atoms with van der Waals surface area (Å²) in [6, 6.07) is 5.18. The van der Waals surface area contributed by atoms with Crippen LogP contribution in [0, 0.1) is 0 Å². The molecule has 94 valence electrons. The Morgan fingerprint density at radius 1 is 1.53 bits per heavy atom. The molecule has 0 saturated carbocycles. The minimum Gasteiger partial charge on any atom is -0.366 e. The number of rotatable bonds is 6. The van der Waals surface area contributed by atoms with Crippen molar-refractivity contribution in [3.63, 3.8) is 0 Å². The Bertz CT molecular complexity index is 398. The molecule has 5 heteroatoms. The van der Waals surface area contributed by atoms with Crippen LogP contribution >= 0.6 is 23.4 Å². The van der Waals surface area contributed by atoms with Gasteiger partial charge in [-0.25, -0.2) is 0 Å². The molecule has 3 nitrogen and oxygen atoms in total. The van der Waals surface area contributed by atoms with E-state index in [1.54, 1.807) is 23.9 Å². The summed E-state index contributed by atoms with van der Waals surface area (Å²) in [6.45, 7) is 2.84. The smallest absolute Gasteiger partial charge is 0.248 e. The van der Waals surface area contributed by atoms with Gasteiger partial charge in [-0.15, -0.1) is 0 Å². The third kappa shape index (κ3) is 4.58. The molecule has 0 aromatic heterocycles. The SMILES string of the molecule is CC(CCN)SCc1ccc(C(N)=O)cc1Cl. The quantitative estimate of drug-likeness (QED) is 0.836. The molecule has 4 N–H and O–H groups in total. The summed E-state index contributed by atoms with van der Waals surface area (Å²) >= 11 is 7.89. The topological polar surface area (TPSA) is 69.1 Å². The Morgan fingerprint density at radius 2 is 2.24 bits per heavy atom. The maximum absolute atomic E-state index is 11.0. The number of benzene rings is 1. The largest absolute Gasteiger partial charge is 0.366 e. The standard InChI is InChI=1S/C12H17ClN2OS/c1-8(4-5-14)17-7-10-3-2-9(12(15)16)6-11(10)13/h2-3,6,8H,4-5,7,14H2,1H3,(H2,15,16). The van der Waals surface area contributed by atoms with E-state index in [1.807, 2.05) is 6.07 Å². The van der Waals surface area contributed by atoms with Crippen LogP contribution in [0.1, 0.15) is 29.3 Å². The maximum atomic E-state index is 11.0. The fourth-order valence-electron chi connectivity index (χ4n) is 1.37. The van der Waals surface area contributed by atoms with Gasteiger partial charge in [-0.3, -0.25) is 4.79 Å². The van der Waals surface area contributed by atoms with Crippen molar-refractivity contribution >= 4 is 29.3 Å². The predicted octanol–water partition coefficient (Wildman–Crippen LogP) is 2.41. The summed E-state index contributed by atoms with van der Waals surface area (Å²) in [7, 11) is 0. The van der Waals surface area contributed by atoms with Gasteiger partial charge in [-0.1, -0.05) is 24.6 Å². The zero-order chi connectivity index (χ0) is 12.8. The third-order valence-corrected chi connectivity index (χ3v) is 4.07. The summed E-state index contributed by atoms with van der Waals surface area (Å²) in [6.07, 6.45) is 0.988. The summed E-state index contributed by atoms with van der Waals surface area (Å²) in [5, 5.41) is 1.10. The molecule has 0 fully saturated rings. The van der Waals surface area contributed by atoms with Gasteiger partial charge in [0.15, 0.2) is 0 Å². The first-order valence-corrected chi connectivity index (χ1v) is 6.87. The minimum absolute atomic E-state index is 0.443. The first-order valence-electron chi connectivity index (χ1n) is 5.44. The van der Waals surface area contributed by atoms with E-state index in [4.69, 9.17) is 23.1 Å². The van der Waals surface area contributed by atoms with Gasteiger partial charge >= 0.3 is 0 Å². The molecule has 1 amide bonds. The molecule has 0 heterocycles. The summed E-state index contributed by atoms with van der Waals surface area (Å²) in [5.74, 6) is 0.363. The molecule has 0 aliphatic heterocycles. The second-order valence-electron chi connectivity index (χ2n) is 3.87. The van der Waals surface area contributed by atoms with Crippen LogP contribution in [0.15, 0.2) is 18.2 Å². The molecule has 1 aromatic rings. The van der Waals surface area contributed by atoms with Crippen molar-refractivity contribution in [3.05, 3.63) is 34.3 Å². The number of carbonyl (C=O) groups excluding carboxylic acids is 1. The monoisotopic (exact) mass is 272 g/mol. The highest BCUT2D eigenvalue weighted by molar-refractivity contribution is 7.99. The van der Waals surface area contributed by atoms with Crippen LogP contribution in [-0.2, 0) is 5.75 Å². The van der Waals surface area contributed by atoms with E-state index in [2.05, 4.69) is 6.92 Å². The first kappa shape index (κ1) is 14.4. The van der Waals surface area contributed by atoms with E-state index < -0.39 is 5.91 Å². The Labute approximate surface area is 111 Å². The molecular formula is C12H17ClN2OS. The highest BCUT2D eigenvalue weighted by Crippen LogP contribution is 2.25. The van der Waals surface area contributed by atoms with Gasteiger partial charge in [0.05, 0.1) is 0 Å². The average molecular weight is 273 g/mol. The predicted molar refractivity (Wildman–Crippen MR) is 74.4 cm³/mol. The molecule has 0 radical (unpaired) electrons. The van der Waals surface area contributed by atoms with Crippen molar-refractivity contribution in [3.8, 4) is 0 Å². The lowest BCUT2D eigenvalue weighted by Gasteiger charge is -2.11. The van der Waals surface area contributed by atoms with Crippen LogP contribution < -0.4 is 11.5 Å². The Hall–Kier alpha value is -0.710. The fourth-order valence-corrected chi connectivity index (χ4v) is 2.71. The van der Waals surface area contributed by atoms with Crippen molar-refractivity contribution < 1.29 is 4.79 Å². The van der Waals surface area contributed by atoms with Crippen molar-refractivity contribution in [1.82, 2.24) is 0 Å². The van der Waals surface area contributed by atoms with E-state index in [1.165, 1.54) is 0 Å². The third-order valence-electron chi connectivity index (χ3n) is 2.43. The number of hydrogen-bond donors (Lipinski definition) is 2. The van der Waals surface area contributed by atoms with Crippen LogP contribution in [0.3, 0.4) is 0 Å². The van der Waals surface area contributed by atoms with Crippen LogP contribution in [-0.4, -0.2) is 17.7 Å². The Morgan fingerprint density at radius 3 is 2.76 bits per heavy atom. The number of hydrogen-bond acceptors (Lipinski definition) is 3. The lowest BCUT2D eigenvalue weighted by atomic mass is 10.1. The number of primary amides is 1. The van der Waals surface area contributed by atoms with Crippen LogP contribution in [0.25, 0.3) is 0 Å². The first-order chi connectivity index (χ1) is 8.04. The van der Waals surface area contributed by atoms with Gasteiger partial charge in [-0.2, -0.15) is 11.8 Å². The van der Waals surface area contributed by atoms with Gasteiger partial charge in [0, 0.05) is 21.6 Å². The Balaban J connectivity index is 2.63. The van der Waals surface area contributed by atoms with E-state index in [0.717, 1.165) is 17.7 Å². The van der Waals surface area contributed by atoms with Gasteiger partial charge < -0.3 is 11.5 Å². The average Bonchev–Trinajstić information content (AvgIpc) is 2.27. The molecule has 1 unspecified atom stereocenters. The Kier molecular flexibility index (Phi) is 5.82. The lowest BCUT2D eigenvalue weighted by Crippen LogP contribution is -2.11. The highest BCUT2D eigenvalue weighted by Gasteiger charge is 2.07. The van der Waals surface area contributed by atoms with Gasteiger partial charge in [0.1, 0.15) is 0 Å². The van der Waals surface area contributed by atoms with Gasteiger partial charge in [0.2, 0.25) is 5.91 Å². The molecule has 0 saturated heterocycles. The van der Waals surface area contributed by atoms with E-state index >= 15 is 0 Å². The number of halogens is 1. The molecule has 1 atom stereocenters. The second kappa shape index (κ2) is 6.89. The molecule has 1 rings (SSSR count). The highest BCUT2D eigenvalue weighted by atomic mass is 35.5. The number of amides is 1. The van der Waals surface area contributed by atoms with E-state index in [9.17, 15) is 4.79 Å². The van der Waals surface area contributed by atoms with Crippen LogP contribution in [0.5, 0.6) is 0 Å². The fraction of sp³-hybridized carbons (Fsp3) is 0.417.